The molecule has 0 atom stereocenters. The Morgan fingerprint density at radius 3 is 2.23 bits per heavy atom. The first-order chi connectivity index (χ1) is 12.4. The van der Waals surface area contributed by atoms with Crippen LogP contribution in [0.3, 0.4) is 0 Å². The summed E-state index contributed by atoms with van der Waals surface area (Å²) in [6.45, 7) is 1.93. The summed E-state index contributed by atoms with van der Waals surface area (Å²) in [6, 6.07) is 14.9. The zero-order chi connectivity index (χ0) is 18.6. The molecule has 2 aromatic carbocycles. The van der Waals surface area contributed by atoms with E-state index in [2.05, 4.69) is 22.0 Å². The standard InChI is InChI=1S/C19H23N3O3S/c1-22-13-11-16(12-14-22)20-19(23)15-7-9-18(10-8-15)26(24,25)21-17-5-3-2-4-6-17/h2-10,16,21H,11-14H2,1H3,(H,20,23). The Morgan fingerprint density at radius 1 is 1.00 bits per heavy atom. The van der Waals surface area contributed by atoms with Crippen molar-refractivity contribution in [3.05, 3.63) is 60.2 Å². The summed E-state index contributed by atoms with van der Waals surface area (Å²) >= 11 is 0. The van der Waals surface area contributed by atoms with E-state index >= 15 is 0 Å². The van der Waals surface area contributed by atoms with Crippen molar-refractivity contribution in [2.75, 3.05) is 24.9 Å². The molecule has 1 amide bonds. The van der Waals surface area contributed by atoms with E-state index in [-0.39, 0.29) is 16.8 Å². The highest BCUT2D eigenvalue weighted by molar-refractivity contribution is 7.92. The third kappa shape index (κ3) is 4.62. The normalized spacial score (nSPS) is 16.2. The fraction of sp³-hybridized carbons (Fsp3) is 0.316. The SMILES string of the molecule is CN1CCC(NC(=O)c2ccc(S(=O)(=O)Nc3ccccc3)cc2)CC1. The fourth-order valence-corrected chi connectivity index (χ4v) is 3.99. The number of carbonyl (C=O) groups is 1. The maximum absolute atomic E-state index is 12.4. The van der Waals surface area contributed by atoms with Crippen LogP contribution < -0.4 is 10.0 Å². The third-order valence-electron chi connectivity index (χ3n) is 4.51. The Balaban J connectivity index is 1.65. The Labute approximate surface area is 154 Å². The highest BCUT2D eigenvalue weighted by Gasteiger charge is 2.20. The van der Waals surface area contributed by atoms with Gasteiger partial charge in [0.1, 0.15) is 0 Å². The van der Waals surface area contributed by atoms with Crippen LogP contribution in [0.5, 0.6) is 0 Å². The molecule has 2 N–H and O–H groups in total. The quantitative estimate of drug-likeness (QED) is 0.843. The number of nitrogens with zero attached hydrogens (tertiary/aromatic N) is 1. The van der Waals surface area contributed by atoms with E-state index in [4.69, 9.17) is 0 Å². The first-order valence-electron chi connectivity index (χ1n) is 8.61. The van der Waals surface area contributed by atoms with E-state index in [0.29, 0.717) is 11.3 Å². The molecule has 1 aliphatic heterocycles. The van der Waals surface area contributed by atoms with E-state index in [1.54, 1.807) is 36.4 Å². The minimum atomic E-state index is -3.68. The van der Waals surface area contributed by atoms with E-state index in [1.807, 2.05) is 6.07 Å². The number of nitrogens with one attached hydrogen (secondary N) is 2. The van der Waals surface area contributed by atoms with Crippen molar-refractivity contribution < 1.29 is 13.2 Å². The summed E-state index contributed by atoms with van der Waals surface area (Å²) in [4.78, 5) is 14.7. The Bertz CT molecular complexity index is 843. The molecule has 1 heterocycles. The van der Waals surface area contributed by atoms with Gasteiger partial charge in [0.2, 0.25) is 0 Å². The van der Waals surface area contributed by atoms with Crippen LogP contribution in [-0.4, -0.2) is 45.4 Å². The van der Waals surface area contributed by atoms with Gasteiger partial charge in [-0.3, -0.25) is 9.52 Å². The predicted molar refractivity (Wildman–Crippen MR) is 102 cm³/mol. The van der Waals surface area contributed by atoms with E-state index in [0.717, 1.165) is 25.9 Å². The molecule has 3 rings (SSSR count). The number of hydrogen-bond donors (Lipinski definition) is 2. The van der Waals surface area contributed by atoms with Crippen LogP contribution in [0.15, 0.2) is 59.5 Å². The second-order valence-corrected chi connectivity index (χ2v) is 8.23. The predicted octanol–water partition coefficient (Wildman–Crippen LogP) is 2.31. The molecule has 1 aliphatic rings. The van der Waals surface area contributed by atoms with Gasteiger partial charge >= 0.3 is 0 Å². The zero-order valence-corrected chi connectivity index (χ0v) is 15.5. The number of anilines is 1. The third-order valence-corrected chi connectivity index (χ3v) is 5.90. The largest absolute Gasteiger partial charge is 0.349 e. The lowest BCUT2D eigenvalue weighted by atomic mass is 10.0. The van der Waals surface area contributed by atoms with Crippen LogP contribution in [0.2, 0.25) is 0 Å². The summed E-state index contributed by atoms with van der Waals surface area (Å²) in [5, 5.41) is 3.02. The Hall–Kier alpha value is -2.38. The molecule has 2 aromatic rings. The lowest BCUT2D eigenvalue weighted by Crippen LogP contribution is -2.43. The molecule has 0 aromatic heterocycles. The van der Waals surface area contributed by atoms with Gasteiger partial charge in [0.15, 0.2) is 0 Å². The van der Waals surface area contributed by atoms with E-state index in [9.17, 15) is 13.2 Å². The summed E-state index contributed by atoms with van der Waals surface area (Å²) < 4.78 is 27.3. The molecule has 0 unspecified atom stereocenters. The van der Waals surface area contributed by atoms with Crippen molar-refractivity contribution in [1.29, 1.82) is 0 Å². The smallest absolute Gasteiger partial charge is 0.261 e. The van der Waals surface area contributed by atoms with Crippen molar-refractivity contribution in [2.24, 2.45) is 0 Å². The number of piperidine rings is 1. The van der Waals surface area contributed by atoms with Gasteiger partial charge in [-0.05, 0) is 69.4 Å². The Morgan fingerprint density at radius 2 is 1.62 bits per heavy atom. The number of amides is 1. The highest BCUT2D eigenvalue weighted by Crippen LogP contribution is 2.17. The number of para-hydroxylation sites is 1. The van der Waals surface area contributed by atoms with Crippen LogP contribution in [0.1, 0.15) is 23.2 Å². The van der Waals surface area contributed by atoms with Gasteiger partial charge in [-0.25, -0.2) is 8.42 Å². The van der Waals surface area contributed by atoms with Crippen LogP contribution in [0, 0.1) is 0 Å². The molecule has 0 radical (unpaired) electrons. The van der Waals surface area contributed by atoms with Gasteiger partial charge < -0.3 is 10.2 Å². The average Bonchev–Trinajstić information content (AvgIpc) is 2.64. The van der Waals surface area contributed by atoms with Crippen molar-refractivity contribution >= 4 is 21.6 Å². The number of hydrogen-bond acceptors (Lipinski definition) is 4. The minimum absolute atomic E-state index is 0.122. The summed E-state index contributed by atoms with van der Waals surface area (Å²) in [7, 11) is -1.61. The van der Waals surface area contributed by atoms with Crippen molar-refractivity contribution in [3.8, 4) is 0 Å². The molecule has 26 heavy (non-hydrogen) atoms. The minimum Gasteiger partial charge on any atom is -0.349 e. The molecule has 1 saturated heterocycles. The topological polar surface area (TPSA) is 78.5 Å². The second-order valence-electron chi connectivity index (χ2n) is 6.55. The molecule has 0 aliphatic carbocycles. The molecule has 1 fully saturated rings. The van der Waals surface area contributed by atoms with Gasteiger partial charge in [-0.2, -0.15) is 0 Å². The summed E-state index contributed by atoms with van der Waals surface area (Å²) in [6.07, 6.45) is 1.85. The molecular formula is C19H23N3O3S. The molecule has 7 heteroatoms. The molecule has 0 bridgehead atoms. The lowest BCUT2D eigenvalue weighted by Gasteiger charge is -2.29. The lowest BCUT2D eigenvalue weighted by molar-refractivity contribution is 0.0917. The van der Waals surface area contributed by atoms with Gasteiger partial charge in [0.05, 0.1) is 4.90 Å². The summed E-state index contributed by atoms with van der Waals surface area (Å²) in [5.41, 5.74) is 0.958. The van der Waals surface area contributed by atoms with Crippen LogP contribution in [0.4, 0.5) is 5.69 Å². The molecule has 0 spiro atoms. The van der Waals surface area contributed by atoms with Crippen molar-refractivity contribution in [1.82, 2.24) is 10.2 Å². The first-order valence-corrected chi connectivity index (χ1v) is 10.1. The summed E-state index contributed by atoms with van der Waals surface area (Å²) in [5.74, 6) is -0.167. The maximum atomic E-state index is 12.4. The fourth-order valence-electron chi connectivity index (χ4n) is 2.93. The van der Waals surface area contributed by atoms with Crippen LogP contribution >= 0.6 is 0 Å². The number of likely N-dealkylation sites (tertiary alicyclic amines) is 1. The van der Waals surface area contributed by atoms with Crippen molar-refractivity contribution in [3.63, 3.8) is 0 Å². The molecule has 6 nitrogen and oxygen atoms in total. The van der Waals surface area contributed by atoms with Gasteiger partial charge in [0.25, 0.3) is 15.9 Å². The average molecular weight is 373 g/mol. The van der Waals surface area contributed by atoms with E-state index in [1.165, 1.54) is 12.1 Å². The highest BCUT2D eigenvalue weighted by atomic mass is 32.2. The number of carbonyl (C=O) groups excluding carboxylic acids is 1. The van der Waals surface area contributed by atoms with Crippen LogP contribution in [0.25, 0.3) is 0 Å². The number of rotatable bonds is 5. The molecule has 0 saturated carbocycles. The van der Waals surface area contributed by atoms with Gasteiger partial charge in [-0.1, -0.05) is 18.2 Å². The Kier molecular flexibility index (Phi) is 5.58. The number of benzene rings is 2. The zero-order valence-electron chi connectivity index (χ0n) is 14.7. The van der Waals surface area contributed by atoms with Crippen LogP contribution in [-0.2, 0) is 10.0 Å². The maximum Gasteiger partial charge on any atom is 0.261 e. The first kappa shape index (κ1) is 18.4. The van der Waals surface area contributed by atoms with Gasteiger partial charge in [-0.15, -0.1) is 0 Å². The van der Waals surface area contributed by atoms with Crippen molar-refractivity contribution in [2.45, 2.75) is 23.8 Å². The van der Waals surface area contributed by atoms with E-state index < -0.39 is 10.0 Å². The second kappa shape index (κ2) is 7.88. The van der Waals surface area contributed by atoms with Gasteiger partial charge in [0, 0.05) is 17.3 Å². The monoisotopic (exact) mass is 373 g/mol. The number of sulfonamides is 1. The molecule has 138 valence electrons. The molecular weight excluding hydrogens is 350 g/mol.